The fourth-order valence-corrected chi connectivity index (χ4v) is 2.05. The average Bonchev–Trinajstić information content (AvgIpc) is 2.59. The largest absolute Gasteiger partial charge is 0.545 e. The van der Waals surface area contributed by atoms with Crippen LogP contribution in [0.1, 0.15) is 26.3 Å². The standard InChI is InChI=1S/C18H19NO5/c1-12-6-8-14(9-7-12)24-11-13(20)10-19-17(21)15-4-2-3-5-16(15)18(22)23/h2-9,13,20H,10-11H2,1H3,(H,19,21)(H,22,23)/p-1/t13-/m1/s1. The Morgan fingerprint density at radius 2 is 1.75 bits per heavy atom. The lowest BCUT2D eigenvalue weighted by Crippen LogP contribution is -2.36. The van der Waals surface area contributed by atoms with E-state index in [2.05, 4.69) is 5.32 Å². The molecule has 0 aliphatic rings. The van der Waals surface area contributed by atoms with Crippen molar-refractivity contribution in [3.05, 3.63) is 65.2 Å². The second kappa shape index (κ2) is 8.12. The topological polar surface area (TPSA) is 98.7 Å². The van der Waals surface area contributed by atoms with Gasteiger partial charge < -0.3 is 25.1 Å². The molecule has 6 heteroatoms. The van der Waals surface area contributed by atoms with E-state index >= 15 is 0 Å². The summed E-state index contributed by atoms with van der Waals surface area (Å²) < 4.78 is 5.42. The van der Waals surface area contributed by atoms with Crippen molar-refractivity contribution < 1.29 is 24.5 Å². The third-order valence-electron chi connectivity index (χ3n) is 3.35. The number of aromatic carboxylic acids is 1. The van der Waals surface area contributed by atoms with Gasteiger partial charge in [-0.2, -0.15) is 0 Å². The van der Waals surface area contributed by atoms with Crippen molar-refractivity contribution in [1.82, 2.24) is 5.32 Å². The molecule has 2 rings (SSSR count). The second-order valence-corrected chi connectivity index (χ2v) is 5.32. The minimum absolute atomic E-state index is 0.00543. The molecule has 0 saturated carbocycles. The quantitative estimate of drug-likeness (QED) is 0.772. The summed E-state index contributed by atoms with van der Waals surface area (Å²) in [6, 6.07) is 13.1. The van der Waals surface area contributed by atoms with Crippen molar-refractivity contribution in [3.63, 3.8) is 0 Å². The molecule has 0 spiro atoms. The third-order valence-corrected chi connectivity index (χ3v) is 3.35. The molecule has 1 amide bonds. The first-order chi connectivity index (χ1) is 11.5. The van der Waals surface area contributed by atoms with Crippen LogP contribution in [-0.2, 0) is 0 Å². The van der Waals surface area contributed by atoms with E-state index in [-0.39, 0.29) is 24.3 Å². The molecule has 0 aliphatic heterocycles. The van der Waals surface area contributed by atoms with Gasteiger partial charge in [0.2, 0.25) is 0 Å². The first-order valence-corrected chi connectivity index (χ1v) is 7.43. The maximum absolute atomic E-state index is 12.0. The van der Waals surface area contributed by atoms with Gasteiger partial charge >= 0.3 is 0 Å². The van der Waals surface area contributed by atoms with Gasteiger partial charge in [0.25, 0.3) is 5.91 Å². The molecule has 2 aromatic carbocycles. The molecule has 0 radical (unpaired) electrons. The Morgan fingerprint density at radius 1 is 1.12 bits per heavy atom. The molecule has 24 heavy (non-hydrogen) atoms. The lowest BCUT2D eigenvalue weighted by atomic mass is 10.1. The lowest BCUT2D eigenvalue weighted by Gasteiger charge is -2.15. The summed E-state index contributed by atoms with van der Waals surface area (Å²) in [7, 11) is 0. The van der Waals surface area contributed by atoms with Crippen LogP contribution in [0.2, 0.25) is 0 Å². The number of benzene rings is 2. The minimum Gasteiger partial charge on any atom is -0.545 e. The molecule has 2 aromatic rings. The molecule has 1 atom stereocenters. The van der Waals surface area contributed by atoms with Crippen LogP contribution >= 0.6 is 0 Å². The fraction of sp³-hybridized carbons (Fsp3) is 0.222. The SMILES string of the molecule is Cc1ccc(OC[C@H](O)CNC(=O)c2ccccc2C(=O)[O-])cc1. The molecule has 0 unspecified atom stereocenters. The molecule has 0 aromatic heterocycles. The normalized spacial score (nSPS) is 11.6. The highest BCUT2D eigenvalue weighted by Gasteiger charge is 2.13. The Bertz CT molecular complexity index is 712. The highest BCUT2D eigenvalue weighted by molar-refractivity contribution is 6.04. The highest BCUT2D eigenvalue weighted by atomic mass is 16.5. The van der Waals surface area contributed by atoms with Gasteiger partial charge in [-0.3, -0.25) is 4.79 Å². The Kier molecular flexibility index (Phi) is 5.92. The van der Waals surface area contributed by atoms with E-state index in [0.29, 0.717) is 5.75 Å². The van der Waals surface area contributed by atoms with Crippen molar-refractivity contribution in [2.24, 2.45) is 0 Å². The third kappa shape index (κ3) is 4.82. The van der Waals surface area contributed by atoms with E-state index < -0.39 is 18.0 Å². The Hall–Kier alpha value is -2.86. The predicted molar refractivity (Wildman–Crippen MR) is 85.8 cm³/mol. The van der Waals surface area contributed by atoms with E-state index in [0.717, 1.165) is 5.56 Å². The van der Waals surface area contributed by atoms with E-state index in [1.54, 1.807) is 18.2 Å². The number of carbonyl (C=O) groups is 2. The van der Waals surface area contributed by atoms with Gasteiger partial charge in [-0.1, -0.05) is 35.9 Å². The molecule has 0 aliphatic carbocycles. The van der Waals surface area contributed by atoms with Crippen LogP contribution in [0.25, 0.3) is 0 Å². The van der Waals surface area contributed by atoms with Gasteiger partial charge in [-0.05, 0) is 25.1 Å². The lowest BCUT2D eigenvalue weighted by molar-refractivity contribution is -0.255. The number of amides is 1. The number of carboxylic acid groups (broad SMARTS) is 1. The van der Waals surface area contributed by atoms with Crippen LogP contribution in [0.5, 0.6) is 5.75 Å². The number of carbonyl (C=O) groups excluding carboxylic acids is 2. The van der Waals surface area contributed by atoms with Crippen LogP contribution in [0.3, 0.4) is 0 Å². The van der Waals surface area contributed by atoms with Gasteiger partial charge in [-0.25, -0.2) is 0 Å². The zero-order chi connectivity index (χ0) is 17.5. The summed E-state index contributed by atoms with van der Waals surface area (Å²) in [5.41, 5.74) is 0.895. The number of aryl methyl sites for hydroxylation is 1. The number of carboxylic acids is 1. The molecule has 6 nitrogen and oxygen atoms in total. The number of hydrogen-bond acceptors (Lipinski definition) is 5. The van der Waals surface area contributed by atoms with Crippen molar-refractivity contribution in [3.8, 4) is 5.75 Å². The van der Waals surface area contributed by atoms with Crippen LogP contribution in [-0.4, -0.2) is 36.2 Å². The number of aliphatic hydroxyl groups is 1. The van der Waals surface area contributed by atoms with Crippen molar-refractivity contribution in [1.29, 1.82) is 0 Å². The summed E-state index contributed by atoms with van der Waals surface area (Å²) in [6.45, 7) is 1.90. The molecule has 126 valence electrons. The number of nitrogens with one attached hydrogen (secondary N) is 1. The van der Waals surface area contributed by atoms with Crippen LogP contribution < -0.4 is 15.2 Å². The first-order valence-electron chi connectivity index (χ1n) is 7.43. The number of aliphatic hydroxyl groups excluding tert-OH is 1. The fourth-order valence-electron chi connectivity index (χ4n) is 2.05. The number of ether oxygens (including phenoxy) is 1. The number of hydrogen-bond donors (Lipinski definition) is 2. The van der Waals surface area contributed by atoms with Crippen molar-refractivity contribution in [2.75, 3.05) is 13.2 Å². The zero-order valence-corrected chi connectivity index (χ0v) is 13.2. The summed E-state index contributed by atoms with van der Waals surface area (Å²) in [4.78, 5) is 23.0. The highest BCUT2D eigenvalue weighted by Crippen LogP contribution is 2.11. The Morgan fingerprint density at radius 3 is 2.38 bits per heavy atom. The summed E-state index contributed by atoms with van der Waals surface area (Å²) in [5.74, 6) is -1.40. The van der Waals surface area contributed by atoms with Gasteiger partial charge in [0.05, 0.1) is 5.97 Å². The van der Waals surface area contributed by atoms with Gasteiger partial charge in [0.1, 0.15) is 18.5 Å². The Balaban J connectivity index is 1.85. The van der Waals surface area contributed by atoms with Crippen LogP contribution in [0.4, 0.5) is 0 Å². The van der Waals surface area contributed by atoms with E-state index in [4.69, 9.17) is 4.74 Å². The van der Waals surface area contributed by atoms with Crippen molar-refractivity contribution >= 4 is 11.9 Å². The second-order valence-electron chi connectivity index (χ2n) is 5.32. The zero-order valence-electron chi connectivity index (χ0n) is 13.2. The molecule has 0 fully saturated rings. The monoisotopic (exact) mass is 328 g/mol. The summed E-state index contributed by atoms with van der Waals surface area (Å²) in [6.07, 6.45) is -0.926. The molecular weight excluding hydrogens is 310 g/mol. The Labute approximate surface area is 139 Å². The van der Waals surface area contributed by atoms with E-state index in [1.165, 1.54) is 18.2 Å². The molecule has 2 N–H and O–H groups in total. The molecule has 0 heterocycles. The average molecular weight is 328 g/mol. The first kappa shape index (κ1) is 17.5. The van der Waals surface area contributed by atoms with E-state index in [9.17, 15) is 19.8 Å². The minimum atomic E-state index is -1.43. The smallest absolute Gasteiger partial charge is 0.252 e. The summed E-state index contributed by atoms with van der Waals surface area (Å²) >= 11 is 0. The number of rotatable bonds is 7. The molecule has 0 bridgehead atoms. The van der Waals surface area contributed by atoms with E-state index in [1.807, 2.05) is 19.1 Å². The maximum Gasteiger partial charge on any atom is 0.252 e. The summed E-state index contributed by atoms with van der Waals surface area (Å²) in [5, 5.41) is 23.3. The van der Waals surface area contributed by atoms with Gasteiger partial charge in [0, 0.05) is 17.7 Å². The van der Waals surface area contributed by atoms with Crippen LogP contribution in [0.15, 0.2) is 48.5 Å². The molecular formula is C18H18NO5-. The van der Waals surface area contributed by atoms with Crippen molar-refractivity contribution in [2.45, 2.75) is 13.0 Å². The predicted octanol–water partition coefficient (Wildman–Crippen LogP) is 0.528. The van der Waals surface area contributed by atoms with Crippen LogP contribution in [0, 0.1) is 6.92 Å². The van der Waals surface area contributed by atoms with Gasteiger partial charge in [-0.15, -0.1) is 0 Å². The maximum atomic E-state index is 12.0. The molecule has 0 saturated heterocycles. The van der Waals surface area contributed by atoms with Gasteiger partial charge in [0.15, 0.2) is 0 Å².